The van der Waals surface area contributed by atoms with Gasteiger partial charge in [-0.25, -0.2) is 0 Å². The summed E-state index contributed by atoms with van der Waals surface area (Å²) in [6.45, 7) is 7.74. The minimum absolute atomic E-state index is 0.665. The number of para-hydroxylation sites is 2. The first kappa shape index (κ1) is 16.2. The molecule has 0 bridgehead atoms. The number of nitrogens with one attached hydrogen (secondary N) is 1. The van der Waals surface area contributed by atoms with E-state index in [9.17, 15) is 0 Å². The fraction of sp³-hybridized carbons (Fsp3) is 0.667. The lowest BCUT2D eigenvalue weighted by Crippen LogP contribution is -2.31. The van der Waals surface area contributed by atoms with Crippen LogP contribution < -0.4 is 14.8 Å². The fourth-order valence-corrected chi connectivity index (χ4v) is 3.06. The molecule has 2 rings (SSSR count). The van der Waals surface area contributed by atoms with Gasteiger partial charge in [-0.2, -0.15) is 0 Å². The largest absolute Gasteiger partial charge is 0.490 e. The predicted molar refractivity (Wildman–Crippen MR) is 87.1 cm³/mol. The number of hydrogen-bond donors (Lipinski definition) is 1. The highest BCUT2D eigenvalue weighted by molar-refractivity contribution is 5.39. The van der Waals surface area contributed by atoms with E-state index in [1.807, 2.05) is 31.2 Å². The molecule has 0 aromatic heterocycles. The average molecular weight is 291 g/mol. The van der Waals surface area contributed by atoms with Crippen LogP contribution in [0.4, 0.5) is 0 Å². The van der Waals surface area contributed by atoms with Crippen molar-refractivity contribution in [2.24, 2.45) is 11.8 Å². The lowest BCUT2D eigenvalue weighted by molar-refractivity contribution is 0.236. The lowest BCUT2D eigenvalue weighted by atomic mass is 9.80. The summed E-state index contributed by atoms with van der Waals surface area (Å²) in [5.41, 5.74) is 0. The van der Waals surface area contributed by atoms with Crippen LogP contribution >= 0.6 is 0 Å². The first-order chi connectivity index (χ1) is 10.3. The highest BCUT2D eigenvalue weighted by Crippen LogP contribution is 2.29. The van der Waals surface area contributed by atoms with Gasteiger partial charge < -0.3 is 14.8 Å². The highest BCUT2D eigenvalue weighted by atomic mass is 16.5. The monoisotopic (exact) mass is 291 g/mol. The predicted octanol–water partition coefficient (Wildman–Crippen LogP) is 3.88. The molecule has 0 saturated heterocycles. The molecule has 1 fully saturated rings. The molecule has 3 nitrogen and oxygen atoms in total. The molecule has 1 aliphatic rings. The Bertz CT molecular complexity index is 408. The van der Waals surface area contributed by atoms with Crippen LogP contribution in [-0.2, 0) is 0 Å². The summed E-state index contributed by atoms with van der Waals surface area (Å²) in [6.07, 6.45) is 5.58. The molecule has 0 spiro atoms. The molecule has 21 heavy (non-hydrogen) atoms. The first-order valence-electron chi connectivity index (χ1n) is 8.36. The van der Waals surface area contributed by atoms with Crippen LogP contribution in [0.5, 0.6) is 11.5 Å². The molecule has 2 unspecified atom stereocenters. The summed E-state index contributed by atoms with van der Waals surface area (Å²) in [4.78, 5) is 0. The summed E-state index contributed by atoms with van der Waals surface area (Å²) < 4.78 is 11.4. The Balaban J connectivity index is 1.65. The smallest absolute Gasteiger partial charge is 0.161 e. The van der Waals surface area contributed by atoms with Gasteiger partial charge in [0.2, 0.25) is 0 Å². The highest BCUT2D eigenvalue weighted by Gasteiger charge is 2.20. The van der Waals surface area contributed by atoms with E-state index >= 15 is 0 Å². The summed E-state index contributed by atoms with van der Waals surface area (Å²) in [7, 11) is 0. The minimum Gasteiger partial charge on any atom is -0.490 e. The Morgan fingerprint density at radius 1 is 1.10 bits per heavy atom. The second kappa shape index (κ2) is 8.93. The first-order valence-corrected chi connectivity index (χ1v) is 8.36. The summed E-state index contributed by atoms with van der Waals surface area (Å²) in [5.74, 6) is 3.38. The second-order valence-corrected chi connectivity index (χ2v) is 5.95. The number of hydrogen-bond acceptors (Lipinski definition) is 3. The minimum atomic E-state index is 0.665. The van der Waals surface area contributed by atoms with Gasteiger partial charge >= 0.3 is 0 Å². The standard InChI is InChI=1S/C18H29NO2/c1-3-20-17-10-6-7-11-18(17)21-13-12-19-14-16-9-5-4-8-15(16)2/h6-7,10-11,15-16,19H,3-5,8-9,12-14H2,1-2H3. The summed E-state index contributed by atoms with van der Waals surface area (Å²) >= 11 is 0. The molecular formula is C18H29NO2. The van der Waals surface area contributed by atoms with Crippen LogP contribution in [0.25, 0.3) is 0 Å². The molecule has 118 valence electrons. The molecule has 0 amide bonds. The molecule has 2 atom stereocenters. The van der Waals surface area contributed by atoms with Gasteiger partial charge in [0.05, 0.1) is 6.61 Å². The van der Waals surface area contributed by atoms with Gasteiger partial charge in [0, 0.05) is 6.54 Å². The Kier molecular flexibility index (Phi) is 6.87. The van der Waals surface area contributed by atoms with Crippen molar-refractivity contribution in [1.29, 1.82) is 0 Å². The molecule has 0 radical (unpaired) electrons. The van der Waals surface area contributed by atoms with E-state index < -0.39 is 0 Å². The molecule has 1 aliphatic carbocycles. The molecule has 1 N–H and O–H groups in total. The molecule has 1 saturated carbocycles. The van der Waals surface area contributed by atoms with Crippen LogP contribution in [0, 0.1) is 11.8 Å². The van der Waals surface area contributed by atoms with Crippen molar-refractivity contribution in [3.63, 3.8) is 0 Å². The second-order valence-electron chi connectivity index (χ2n) is 5.95. The maximum Gasteiger partial charge on any atom is 0.161 e. The van der Waals surface area contributed by atoms with Crippen molar-refractivity contribution in [3.05, 3.63) is 24.3 Å². The summed E-state index contributed by atoms with van der Waals surface area (Å²) in [5, 5.41) is 3.54. The van der Waals surface area contributed by atoms with Gasteiger partial charge in [-0.1, -0.05) is 38.3 Å². The van der Waals surface area contributed by atoms with Gasteiger partial charge in [-0.15, -0.1) is 0 Å². The van der Waals surface area contributed by atoms with Crippen molar-refractivity contribution >= 4 is 0 Å². The van der Waals surface area contributed by atoms with Crippen LogP contribution in [-0.4, -0.2) is 26.3 Å². The third kappa shape index (κ3) is 5.24. The molecule has 3 heteroatoms. The molecule has 0 aliphatic heterocycles. The van der Waals surface area contributed by atoms with Gasteiger partial charge in [0.15, 0.2) is 11.5 Å². The zero-order valence-corrected chi connectivity index (χ0v) is 13.4. The van der Waals surface area contributed by atoms with Crippen LogP contribution in [0.2, 0.25) is 0 Å². The van der Waals surface area contributed by atoms with Gasteiger partial charge in [-0.3, -0.25) is 0 Å². The maximum atomic E-state index is 5.82. The topological polar surface area (TPSA) is 30.5 Å². The quantitative estimate of drug-likeness (QED) is 0.737. The Morgan fingerprint density at radius 3 is 2.52 bits per heavy atom. The number of ether oxygens (including phenoxy) is 2. The van der Waals surface area contributed by atoms with Crippen LogP contribution in [0.15, 0.2) is 24.3 Å². The molecular weight excluding hydrogens is 262 g/mol. The van der Waals surface area contributed by atoms with Gasteiger partial charge in [0.25, 0.3) is 0 Å². The molecule has 1 aromatic rings. The zero-order valence-electron chi connectivity index (χ0n) is 13.4. The van der Waals surface area contributed by atoms with Crippen molar-refractivity contribution in [2.75, 3.05) is 26.3 Å². The van der Waals surface area contributed by atoms with E-state index in [2.05, 4.69) is 12.2 Å². The van der Waals surface area contributed by atoms with Crippen molar-refractivity contribution < 1.29 is 9.47 Å². The molecule has 0 heterocycles. The Morgan fingerprint density at radius 2 is 1.81 bits per heavy atom. The Hall–Kier alpha value is -1.22. The molecule has 1 aromatic carbocycles. The van der Waals surface area contributed by atoms with E-state index in [1.54, 1.807) is 0 Å². The van der Waals surface area contributed by atoms with E-state index in [0.29, 0.717) is 13.2 Å². The van der Waals surface area contributed by atoms with Gasteiger partial charge in [0.1, 0.15) is 6.61 Å². The normalized spacial score (nSPS) is 22.0. The van der Waals surface area contributed by atoms with Crippen LogP contribution in [0.1, 0.15) is 39.5 Å². The fourth-order valence-electron chi connectivity index (χ4n) is 3.06. The van der Waals surface area contributed by atoms with E-state index in [-0.39, 0.29) is 0 Å². The van der Waals surface area contributed by atoms with Gasteiger partial charge in [-0.05, 0) is 43.9 Å². The van der Waals surface area contributed by atoms with E-state index in [0.717, 1.165) is 36.4 Å². The third-order valence-corrected chi connectivity index (χ3v) is 4.38. The third-order valence-electron chi connectivity index (χ3n) is 4.38. The number of benzene rings is 1. The Labute approximate surface area is 129 Å². The average Bonchev–Trinajstić information content (AvgIpc) is 2.50. The van der Waals surface area contributed by atoms with Crippen LogP contribution in [0.3, 0.4) is 0 Å². The van der Waals surface area contributed by atoms with Crippen molar-refractivity contribution in [1.82, 2.24) is 5.32 Å². The lowest BCUT2D eigenvalue weighted by Gasteiger charge is -2.28. The SMILES string of the molecule is CCOc1ccccc1OCCNCC1CCCCC1C. The maximum absolute atomic E-state index is 5.82. The summed E-state index contributed by atoms with van der Waals surface area (Å²) in [6, 6.07) is 7.87. The van der Waals surface area contributed by atoms with E-state index in [1.165, 1.54) is 25.7 Å². The zero-order chi connectivity index (χ0) is 14.9. The van der Waals surface area contributed by atoms with E-state index in [4.69, 9.17) is 9.47 Å². The number of rotatable bonds is 8. The van der Waals surface area contributed by atoms with Crippen molar-refractivity contribution in [2.45, 2.75) is 39.5 Å². The van der Waals surface area contributed by atoms with Crippen molar-refractivity contribution in [3.8, 4) is 11.5 Å².